The number of ether oxygens (including phenoxy) is 1. The van der Waals surface area contributed by atoms with Crippen LogP contribution in [0.15, 0.2) is 36.5 Å². The van der Waals surface area contributed by atoms with Crippen LogP contribution in [0.5, 0.6) is 0 Å². The molecule has 0 rings (SSSR count). The quantitative estimate of drug-likeness (QED) is 0.0321. The van der Waals surface area contributed by atoms with Crippen LogP contribution in [0.2, 0.25) is 0 Å². The summed E-state index contributed by atoms with van der Waals surface area (Å²) in [6.07, 6.45) is 63.0. The van der Waals surface area contributed by atoms with Crippen molar-refractivity contribution < 1.29 is 24.5 Å². The Balaban J connectivity index is 3.45. The molecule has 6 heteroatoms. The number of rotatable bonds is 50. The summed E-state index contributed by atoms with van der Waals surface area (Å²) in [5.41, 5.74) is 0. The normalized spacial score (nSPS) is 12.9. The van der Waals surface area contributed by atoms with E-state index in [1.807, 2.05) is 6.08 Å². The number of amides is 1. The van der Waals surface area contributed by atoms with Gasteiger partial charge in [0.2, 0.25) is 5.91 Å². The molecule has 0 saturated carbocycles. The van der Waals surface area contributed by atoms with Crippen LogP contribution in [0.3, 0.4) is 0 Å². The lowest BCUT2D eigenvalue weighted by molar-refractivity contribution is -0.143. The van der Waals surface area contributed by atoms with Crippen molar-refractivity contribution in [2.24, 2.45) is 0 Å². The monoisotopic (exact) mass is 872 g/mol. The summed E-state index contributed by atoms with van der Waals surface area (Å²) >= 11 is 0. The van der Waals surface area contributed by atoms with Crippen LogP contribution in [-0.2, 0) is 14.3 Å². The van der Waals surface area contributed by atoms with Gasteiger partial charge in [-0.15, -0.1) is 0 Å². The van der Waals surface area contributed by atoms with Gasteiger partial charge in [-0.25, -0.2) is 0 Å². The van der Waals surface area contributed by atoms with Crippen molar-refractivity contribution in [3.63, 3.8) is 0 Å². The first kappa shape index (κ1) is 60.1. The highest BCUT2D eigenvalue weighted by molar-refractivity contribution is 5.76. The van der Waals surface area contributed by atoms with E-state index in [9.17, 15) is 19.8 Å². The summed E-state index contributed by atoms with van der Waals surface area (Å²) in [4.78, 5) is 24.4. The van der Waals surface area contributed by atoms with Gasteiger partial charge in [0.25, 0.3) is 0 Å². The van der Waals surface area contributed by atoms with Crippen molar-refractivity contribution in [2.75, 3.05) is 13.2 Å². The van der Waals surface area contributed by atoms with E-state index in [2.05, 4.69) is 43.5 Å². The molecule has 0 heterocycles. The lowest BCUT2D eigenvalue weighted by atomic mass is 10.0. The van der Waals surface area contributed by atoms with E-state index in [-0.39, 0.29) is 18.5 Å². The van der Waals surface area contributed by atoms with Crippen LogP contribution in [0.25, 0.3) is 0 Å². The number of hydrogen-bond acceptors (Lipinski definition) is 5. The molecule has 3 N–H and O–H groups in total. The second-order valence-corrected chi connectivity index (χ2v) is 18.5. The molecular weight excluding hydrogens is 767 g/mol. The third-order valence-corrected chi connectivity index (χ3v) is 12.4. The minimum Gasteiger partial charge on any atom is -0.466 e. The molecule has 0 bridgehead atoms. The third-order valence-electron chi connectivity index (χ3n) is 12.4. The maximum Gasteiger partial charge on any atom is 0.305 e. The molecule has 1 amide bonds. The second kappa shape index (κ2) is 51.7. The predicted octanol–water partition coefficient (Wildman–Crippen LogP) is 16.5. The molecule has 0 aromatic carbocycles. The van der Waals surface area contributed by atoms with Gasteiger partial charge >= 0.3 is 5.97 Å². The molecule has 2 atom stereocenters. The average Bonchev–Trinajstić information content (AvgIpc) is 3.27. The Bertz CT molecular complexity index is 1010. The lowest BCUT2D eigenvalue weighted by Crippen LogP contribution is -2.45. The standard InChI is InChI=1S/C56H105NO5/c1-3-5-7-9-11-13-15-28-32-36-40-44-48-54(59)53(52-58)57-55(60)49-45-41-37-33-29-26-24-22-20-18-17-19-21-23-25-27-31-35-39-43-47-51-62-56(61)50-46-42-38-34-30-16-14-12-10-8-6-4-2/h12,14,18,20,44,48,53-54,58-59H,3-11,13,15-17,19,21-43,45-47,49-52H2,1-2H3,(H,57,60)/b14-12-,20-18-,48-44+. The summed E-state index contributed by atoms with van der Waals surface area (Å²) in [7, 11) is 0. The Morgan fingerprint density at radius 1 is 0.435 bits per heavy atom. The van der Waals surface area contributed by atoms with E-state index in [1.165, 1.54) is 205 Å². The van der Waals surface area contributed by atoms with Crippen LogP contribution in [-0.4, -0.2) is 47.4 Å². The van der Waals surface area contributed by atoms with E-state index >= 15 is 0 Å². The minimum absolute atomic E-state index is 0.00314. The van der Waals surface area contributed by atoms with Gasteiger partial charge in [0.05, 0.1) is 25.4 Å². The molecule has 0 aliphatic carbocycles. The number of unbranched alkanes of at least 4 members (excludes halogenated alkanes) is 35. The number of hydrogen-bond donors (Lipinski definition) is 3. The SMILES string of the molecule is CCCCC/C=C\CCCCCCCC(=O)OCCCCCCCCCCCC/C=C\CCCCCCCCCC(=O)NC(CO)C(O)/C=C/CCCCCCCCCCCC. The average molecular weight is 872 g/mol. The first-order chi connectivity index (χ1) is 30.5. The number of allylic oxidation sites excluding steroid dienone is 5. The zero-order chi connectivity index (χ0) is 45.1. The maximum atomic E-state index is 12.4. The van der Waals surface area contributed by atoms with Crippen molar-refractivity contribution in [3.8, 4) is 0 Å². The largest absolute Gasteiger partial charge is 0.466 e. The number of carbonyl (C=O) groups is 2. The van der Waals surface area contributed by atoms with Gasteiger partial charge in [0.1, 0.15) is 0 Å². The zero-order valence-electron chi connectivity index (χ0n) is 41.4. The number of carbonyl (C=O) groups excluding carboxylic acids is 2. The summed E-state index contributed by atoms with van der Waals surface area (Å²) in [5, 5.41) is 23.0. The first-order valence-electron chi connectivity index (χ1n) is 27.3. The predicted molar refractivity (Wildman–Crippen MR) is 269 cm³/mol. The highest BCUT2D eigenvalue weighted by Gasteiger charge is 2.18. The lowest BCUT2D eigenvalue weighted by Gasteiger charge is -2.20. The molecule has 0 fully saturated rings. The van der Waals surface area contributed by atoms with Gasteiger partial charge < -0.3 is 20.3 Å². The highest BCUT2D eigenvalue weighted by Crippen LogP contribution is 2.15. The van der Waals surface area contributed by atoms with E-state index < -0.39 is 12.1 Å². The summed E-state index contributed by atoms with van der Waals surface area (Å²) < 4.78 is 5.45. The van der Waals surface area contributed by atoms with Crippen LogP contribution >= 0.6 is 0 Å². The minimum atomic E-state index is -0.848. The third kappa shape index (κ3) is 47.6. The van der Waals surface area contributed by atoms with Crippen molar-refractivity contribution >= 4 is 11.9 Å². The number of aliphatic hydroxyl groups excluding tert-OH is 2. The fourth-order valence-electron chi connectivity index (χ4n) is 8.15. The fourth-order valence-corrected chi connectivity index (χ4v) is 8.15. The van der Waals surface area contributed by atoms with Gasteiger partial charge in [0, 0.05) is 12.8 Å². The Labute approximate surface area is 385 Å². The number of nitrogens with one attached hydrogen (secondary N) is 1. The molecule has 2 unspecified atom stereocenters. The summed E-state index contributed by atoms with van der Waals surface area (Å²) in [6.45, 7) is 4.86. The molecule has 0 saturated heterocycles. The smallest absolute Gasteiger partial charge is 0.305 e. The molecule has 0 aliphatic rings. The van der Waals surface area contributed by atoms with Gasteiger partial charge in [-0.2, -0.15) is 0 Å². The fraction of sp³-hybridized carbons (Fsp3) is 0.857. The molecule has 0 spiro atoms. The number of esters is 1. The molecule has 0 aromatic heterocycles. The van der Waals surface area contributed by atoms with Gasteiger partial charge in [-0.3, -0.25) is 9.59 Å². The molecule has 0 aliphatic heterocycles. The second-order valence-electron chi connectivity index (χ2n) is 18.5. The van der Waals surface area contributed by atoms with E-state index in [4.69, 9.17) is 4.74 Å². The Hall–Kier alpha value is -1.92. The van der Waals surface area contributed by atoms with E-state index in [0.717, 1.165) is 51.4 Å². The topological polar surface area (TPSA) is 95.9 Å². The Morgan fingerprint density at radius 2 is 0.758 bits per heavy atom. The maximum absolute atomic E-state index is 12.4. The van der Waals surface area contributed by atoms with Crippen LogP contribution in [0.1, 0.15) is 284 Å². The van der Waals surface area contributed by atoms with Crippen molar-refractivity contribution in [3.05, 3.63) is 36.5 Å². The van der Waals surface area contributed by atoms with Crippen molar-refractivity contribution in [1.29, 1.82) is 0 Å². The van der Waals surface area contributed by atoms with Crippen LogP contribution < -0.4 is 5.32 Å². The molecule has 0 radical (unpaired) electrons. The number of aliphatic hydroxyl groups is 2. The van der Waals surface area contributed by atoms with Gasteiger partial charge in [0.15, 0.2) is 0 Å². The molecular formula is C56H105NO5. The van der Waals surface area contributed by atoms with E-state index in [1.54, 1.807) is 6.08 Å². The highest BCUT2D eigenvalue weighted by atomic mass is 16.5. The van der Waals surface area contributed by atoms with Gasteiger partial charge in [-0.05, 0) is 83.5 Å². The molecule has 62 heavy (non-hydrogen) atoms. The Morgan fingerprint density at radius 3 is 1.18 bits per heavy atom. The Kier molecular flexibility index (Phi) is 50.1. The van der Waals surface area contributed by atoms with Crippen LogP contribution in [0.4, 0.5) is 0 Å². The van der Waals surface area contributed by atoms with Crippen LogP contribution in [0, 0.1) is 0 Å². The van der Waals surface area contributed by atoms with Crippen molar-refractivity contribution in [1.82, 2.24) is 5.32 Å². The first-order valence-corrected chi connectivity index (χ1v) is 27.3. The molecule has 0 aromatic rings. The van der Waals surface area contributed by atoms with Crippen molar-refractivity contribution in [2.45, 2.75) is 296 Å². The summed E-state index contributed by atoms with van der Waals surface area (Å²) in [5.74, 6) is -0.0802. The zero-order valence-corrected chi connectivity index (χ0v) is 41.4. The molecule has 364 valence electrons. The van der Waals surface area contributed by atoms with E-state index in [0.29, 0.717) is 19.4 Å². The summed E-state index contributed by atoms with van der Waals surface area (Å²) in [6, 6.07) is -0.632. The molecule has 6 nitrogen and oxygen atoms in total. The van der Waals surface area contributed by atoms with Gasteiger partial charge in [-0.1, -0.05) is 224 Å².